The molecule has 0 radical (unpaired) electrons. The number of nitrogens with zero attached hydrogens (tertiary/aromatic N) is 3. The van der Waals surface area contributed by atoms with Crippen LogP contribution in [0.4, 0.5) is 0 Å². The molecular formula is C24H18CuN4O2PS4. The molecule has 5 aromatic heterocycles. The number of pyridine rings is 1. The van der Waals surface area contributed by atoms with E-state index < -0.39 is 5.91 Å². The first kappa shape index (κ1) is 29.6. The molecule has 1 amide bonds. The predicted octanol–water partition coefficient (Wildman–Crippen LogP) is 5.72. The van der Waals surface area contributed by atoms with E-state index in [9.17, 15) is 4.79 Å². The number of hydrogen-bond acceptors (Lipinski definition) is 8. The van der Waals surface area contributed by atoms with Gasteiger partial charge in [0.25, 0.3) is 0 Å². The number of hydrogen-bond donors (Lipinski definition) is 1. The van der Waals surface area contributed by atoms with Crippen molar-refractivity contribution >= 4 is 85.3 Å². The molecule has 0 fully saturated rings. The van der Waals surface area contributed by atoms with Gasteiger partial charge in [-0.05, 0) is 58.6 Å². The summed E-state index contributed by atoms with van der Waals surface area (Å²) < 4.78 is 9.40. The molecule has 0 spiro atoms. The van der Waals surface area contributed by atoms with Crippen LogP contribution in [-0.2, 0) is 17.1 Å². The first-order valence-corrected chi connectivity index (χ1v) is 14.3. The van der Waals surface area contributed by atoms with Gasteiger partial charge in [-0.3, -0.25) is 9.78 Å². The van der Waals surface area contributed by atoms with Crippen LogP contribution in [0.3, 0.4) is 0 Å². The van der Waals surface area contributed by atoms with Crippen molar-refractivity contribution in [1.29, 1.82) is 0 Å². The van der Waals surface area contributed by atoms with Gasteiger partial charge in [-0.2, -0.15) is 10.3 Å². The van der Waals surface area contributed by atoms with Gasteiger partial charge in [0.15, 0.2) is 5.76 Å². The van der Waals surface area contributed by atoms with E-state index >= 15 is 0 Å². The van der Waals surface area contributed by atoms with Gasteiger partial charge in [0, 0.05) is 28.0 Å². The molecule has 5 heterocycles. The first-order chi connectivity index (χ1) is 17.2. The van der Waals surface area contributed by atoms with Crippen LogP contribution in [0.1, 0.15) is 16.2 Å². The summed E-state index contributed by atoms with van der Waals surface area (Å²) in [6.07, 6.45) is 4.54. The molecule has 5 aromatic rings. The molecule has 0 aliphatic carbocycles. The molecule has 0 unspecified atom stereocenters. The Labute approximate surface area is 237 Å². The van der Waals surface area contributed by atoms with Crippen LogP contribution in [0.15, 0.2) is 105 Å². The molecule has 1 N–H and O–H groups in total. The molecule has 12 heteroatoms. The zero-order chi connectivity index (χ0) is 24.7. The van der Waals surface area contributed by atoms with Crippen molar-refractivity contribution in [2.24, 2.45) is 5.10 Å². The third-order valence-corrected chi connectivity index (χ3v) is 10.3. The van der Waals surface area contributed by atoms with E-state index in [-0.39, 0.29) is 30.8 Å². The fourth-order valence-corrected chi connectivity index (χ4v) is 9.41. The Morgan fingerprint density at radius 3 is 1.97 bits per heavy atom. The Hall–Kier alpha value is -2.58. The third kappa shape index (κ3) is 9.47. The zero-order valence-electron chi connectivity index (χ0n) is 18.4. The zero-order valence-corrected chi connectivity index (χ0v) is 23.5. The van der Waals surface area contributed by atoms with Gasteiger partial charge in [0.1, 0.15) is 0 Å². The standard InChI is InChI=1S/C12H9PS3.C11H9N3O2.CNS.Cu/c1-4-10(14-7-1)13(11-5-2-8-15-11)12-6-3-9-16-12;15-11(10-5-3-7-16-10)14-13-8-9-4-1-2-6-12-9;2-1-3;/h1-9H;1-8H,(H,14,15);;/q;;-1;+1/b;13-8+;;. The molecule has 0 bridgehead atoms. The fraction of sp³-hybridized carbons (Fsp3) is 0. The molecule has 5 rings (SSSR count). The van der Waals surface area contributed by atoms with E-state index in [1.165, 1.54) is 31.5 Å². The van der Waals surface area contributed by atoms with Crippen molar-refractivity contribution < 1.29 is 26.3 Å². The van der Waals surface area contributed by atoms with Gasteiger partial charge in [0.05, 0.1) is 18.2 Å². The molecular weight excluding hydrogens is 599 g/mol. The second-order valence-corrected chi connectivity index (χ2v) is 12.3. The molecule has 0 saturated heterocycles. The average Bonchev–Trinajstić information content (AvgIpc) is 3.70. The van der Waals surface area contributed by atoms with Gasteiger partial charge in [0.2, 0.25) is 0 Å². The molecule has 186 valence electrons. The number of furan rings is 1. The third-order valence-electron chi connectivity index (χ3n) is 3.98. The molecule has 0 saturated carbocycles. The Morgan fingerprint density at radius 2 is 1.56 bits per heavy atom. The largest absolute Gasteiger partial charge is 1.00 e. The molecule has 0 atom stereocenters. The maximum Gasteiger partial charge on any atom is 1.00 e. The summed E-state index contributed by atoms with van der Waals surface area (Å²) >= 11 is 9.31. The predicted molar refractivity (Wildman–Crippen MR) is 153 cm³/mol. The maximum atomic E-state index is 11.4. The van der Waals surface area contributed by atoms with Crippen molar-refractivity contribution in [2.75, 3.05) is 0 Å². The van der Waals surface area contributed by atoms with Crippen molar-refractivity contribution in [3.63, 3.8) is 0 Å². The number of hydrazone groups is 1. The number of thiophene rings is 3. The van der Waals surface area contributed by atoms with Gasteiger partial charge >= 0.3 is 23.0 Å². The Morgan fingerprint density at radius 1 is 0.972 bits per heavy atom. The Bertz CT molecular complexity index is 1220. The second kappa shape index (κ2) is 17.0. The maximum absolute atomic E-state index is 11.4. The van der Waals surface area contributed by atoms with Crippen molar-refractivity contribution in [3.8, 4) is 0 Å². The van der Waals surface area contributed by atoms with Crippen LogP contribution in [0, 0.1) is 0 Å². The SMILES string of the molecule is O=C(N/N=C/c1ccccn1)c1ccco1.[Cu+].[N-]=C=S.c1csc(P(c2cccs2)c2cccs2)c1. The summed E-state index contributed by atoms with van der Waals surface area (Å²) in [5.41, 5.74) is 3.00. The first-order valence-electron chi connectivity index (χ1n) is 9.92. The van der Waals surface area contributed by atoms with Gasteiger partial charge in [-0.1, -0.05) is 36.5 Å². The summed E-state index contributed by atoms with van der Waals surface area (Å²) in [5.74, 6) is -0.171. The average molecular weight is 617 g/mol. The minimum absolute atomic E-state index is 0. The van der Waals surface area contributed by atoms with Gasteiger partial charge < -0.3 is 9.83 Å². The Kier molecular flexibility index (Phi) is 14.0. The van der Waals surface area contributed by atoms with Crippen LogP contribution in [0.2, 0.25) is 0 Å². The molecule has 0 aliphatic rings. The van der Waals surface area contributed by atoms with E-state index in [4.69, 9.17) is 9.83 Å². The van der Waals surface area contributed by atoms with Gasteiger partial charge in [-0.15, -0.1) is 34.0 Å². The summed E-state index contributed by atoms with van der Waals surface area (Å²) in [7, 11) is -0.279. The number of nitrogens with one attached hydrogen (secondary N) is 1. The number of carbonyl (C=O) groups excluding carboxylic acids is 1. The molecule has 0 aliphatic heterocycles. The van der Waals surface area contributed by atoms with Crippen molar-refractivity contribution in [3.05, 3.63) is 112 Å². The van der Waals surface area contributed by atoms with Crippen LogP contribution in [0.25, 0.3) is 5.41 Å². The topological polar surface area (TPSA) is 89.8 Å². The monoisotopic (exact) mass is 616 g/mol. The van der Waals surface area contributed by atoms with E-state index in [1.54, 1.807) is 30.5 Å². The smallest absolute Gasteiger partial charge is 0.753 e. The molecule has 36 heavy (non-hydrogen) atoms. The summed E-state index contributed by atoms with van der Waals surface area (Å²) in [5, 5.41) is 18.7. The normalized spacial score (nSPS) is 9.81. The van der Waals surface area contributed by atoms with Crippen LogP contribution in [0.5, 0.6) is 0 Å². The van der Waals surface area contributed by atoms with E-state index in [0.29, 0.717) is 5.69 Å². The van der Waals surface area contributed by atoms with E-state index in [1.807, 2.05) is 40.1 Å². The quantitative estimate of drug-likeness (QED) is 0.0868. The number of carbonyl (C=O) groups is 1. The number of isothiocyanates is 1. The summed E-state index contributed by atoms with van der Waals surface area (Å²) in [4.78, 5) is 15.4. The van der Waals surface area contributed by atoms with E-state index in [2.05, 4.69) is 80.3 Å². The Balaban J connectivity index is 0.000000223. The summed E-state index contributed by atoms with van der Waals surface area (Å²) in [6, 6.07) is 21.8. The van der Waals surface area contributed by atoms with Crippen LogP contribution >= 0.6 is 54.1 Å². The van der Waals surface area contributed by atoms with Crippen LogP contribution < -0.4 is 19.3 Å². The molecule has 0 aromatic carbocycles. The minimum atomic E-state index is -0.391. The van der Waals surface area contributed by atoms with Crippen LogP contribution in [-0.4, -0.2) is 22.3 Å². The fourth-order valence-electron chi connectivity index (χ4n) is 2.59. The number of rotatable bonds is 6. The van der Waals surface area contributed by atoms with Crippen molar-refractivity contribution in [2.45, 2.75) is 0 Å². The molecule has 6 nitrogen and oxygen atoms in total. The van der Waals surface area contributed by atoms with Gasteiger partial charge in [-0.25, -0.2) is 5.43 Å². The minimum Gasteiger partial charge on any atom is -0.753 e. The number of amides is 1. The van der Waals surface area contributed by atoms with Crippen molar-refractivity contribution in [1.82, 2.24) is 10.4 Å². The second-order valence-electron chi connectivity index (χ2n) is 6.21. The summed E-state index contributed by atoms with van der Waals surface area (Å²) in [6.45, 7) is 0. The number of thiocarbonyl (C=S) groups is 1. The number of aromatic nitrogens is 1. The van der Waals surface area contributed by atoms with E-state index in [0.717, 1.165) is 0 Å².